The second-order valence-corrected chi connectivity index (χ2v) is 5.92. The lowest BCUT2D eigenvalue weighted by atomic mass is 10.1. The average Bonchev–Trinajstić information content (AvgIpc) is 2.77. The Balaban J connectivity index is 1.77. The first-order chi connectivity index (χ1) is 8.84. The van der Waals surface area contributed by atoms with Gasteiger partial charge in [-0.2, -0.15) is 0 Å². The number of ether oxygens (including phenoxy) is 1. The SMILES string of the molecule is CCCCCCCCCCCCN1C=COC1Br. The van der Waals surface area contributed by atoms with Crippen molar-refractivity contribution in [2.75, 3.05) is 6.54 Å². The van der Waals surface area contributed by atoms with Crippen LogP contribution in [0.4, 0.5) is 0 Å². The Morgan fingerprint density at radius 3 is 2.00 bits per heavy atom. The molecule has 0 N–H and O–H groups in total. The largest absolute Gasteiger partial charge is 0.467 e. The molecule has 18 heavy (non-hydrogen) atoms. The quantitative estimate of drug-likeness (QED) is 0.288. The third kappa shape index (κ3) is 7.30. The highest BCUT2D eigenvalue weighted by Crippen LogP contribution is 2.18. The summed E-state index contributed by atoms with van der Waals surface area (Å²) in [5.74, 6) is 0. The number of alkyl halides is 1. The normalized spacial score (nSPS) is 18.3. The van der Waals surface area contributed by atoms with E-state index >= 15 is 0 Å². The molecule has 1 atom stereocenters. The van der Waals surface area contributed by atoms with Crippen LogP contribution in [0, 0.1) is 0 Å². The lowest BCUT2D eigenvalue weighted by Crippen LogP contribution is -2.23. The van der Waals surface area contributed by atoms with Gasteiger partial charge in [-0.25, -0.2) is 0 Å². The Morgan fingerprint density at radius 1 is 0.944 bits per heavy atom. The number of unbranched alkanes of at least 4 members (excludes halogenated alkanes) is 9. The van der Waals surface area contributed by atoms with E-state index in [-0.39, 0.29) is 5.14 Å². The molecule has 0 aromatic heterocycles. The third-order valence-electron chi connectivity index (χ3n) is 3.47. The molecule has 1 heterocycles. The van der Waals surface area contributed by atoms with Crippen LogP contribution in [0.15, 0.2) is 12.5 Å². The minimum absolute atomic E-state index is 0.0658. The molecule has 0 spiro atoms. The van der Waals surface area contributed by atoms with Crippen LogP contribution in [-0.2, 0) is 4.74 Å². The monoisotopic (exact) mass is 317 g/mol. The molecule has 0 radical (unpaired) electrons. The van der Waals surface area contributed by atoms with Gasteiger partial charge >= 0.3 is 0 Å². The van der Waals surface area contributed by atoms with Gasteiger partial charge in [-0.05, 0) is 22.4 Å². The van der Waals surface area contributed by atoms with Crippen molar-refractivity contribution in [2.45, 2.75) is 76.3 Å². The summed E-state index contributed by atoms with van der Waals surface area (Å²) < 4.78 is 5.27. The summed E-state index contributed by atoms with van der Waals surface area (Å²) in [5, 5.41) is 0.0658. The summed E-state index contributed by atoms with van der Waals surface area (Å²) in [7, 11) is 0. The zero-order chi connectivity index (χ0) is 13.1. The van der Waals surface area contributed by atoms with Gasteiger partial charge in [-0.3, -0.25) is 0 Å². The van der Waals surface area contributed by atoms with Crippen LogP contribution in [0.1, 0.15) is 71.1 Å². The van der Waals surface area contributed by atoms with E-state index in [9.17, 15) is 0 Å². The minimum Gasteiger partial charge on any atom is -0.467 e. The topological polar surface area (TPSA) is 12.5 Å². The standard InChI is InChI=1S/C15H28BrNO/c1-2-3-4-5-6-7-8-9-10-11-12-17-13-14-18-15(17)16/h13-15H,2-12H2,1H3. The molecule has 0 saturated heterocycles. The van der Waals surface area contributed by atoms with Gasteiger partial charge in [0.1, 0.15) is 6.26 Å². The van der Waals surface area contributed by atoms with Gasteiger partial charge in [0, 0.05) is 12.7 Å². The molecule has 1 aliphatic heterocycles. The van der Waals surface area contributed by atoms with E-state index in [1.165, 1.54) is 64.2 Å². The molecule has 0 fully saturated rings. The fourth-order valence-corrected chi connectivity index (χ4v) is 2.75. The van der Waals surface area contributed by atoms with Gasteiger partial charge in [0.25, 0.3) is 0 Å². The Labute approximate surface area is 121 Å². The lowest BCUT2D eigenvalue weighted by Gasteiger charge is -2.18. The molecular formula is C15H28BrNO. The molecule has 0 aliphatic carbocycles. The van der Waals surface area contributed by atoms with Crippen molar-refractivity contribution in [3.63, 3.8) is 0 Å². The van der Waals surface area contributed by atoms with Gasteiger partial charge in [0.15, 0.2) is 0 Å². The van der Waals surface area contributed by atoms with Crippen LogP contribution < -0.4 is 0 Å². The second-order valence-electron chi connectivity index (χ2n) is 5.13. The zero-order valence-electron chi connectivity index (χ0n) is 11.7. The highest BCUT2D eigenvalue weighted by molar-refractivity contribution is 9.09. The van der Waals surface area contributed by atoms with Crippen molar-refractivity contribution in [1.29, 1.82) is 0 Å². The smallest absolute Gasteiger partial charge is 0.228 e. The fourth-order valence-electron chi connectivity index (χ4n) is 2.28. The lowest BCUT2D eigenvalue weighted by molar-refractivity contribution is 0.142. The van der Waals surface area contributed by atoms with E-state index in [1.54, 1.807) is 6.26 Å². The predicted molar refractivity (Wildman–Crippen MR) is 81.5 cm³/mol. The Kier molecular flexibility index (Phi) is 9.45. The molecule has 0 amide bonds. The Bertz CT molecular complexity index is 221. The van der Waals surface area contributed by atoms with Crippen LogP contribution in [0.25, 0.3) is 0 Å². The van der Waals surface area contributed by atoms with Crippen molar-refractivity contribution in [3.8, 4) is 0 Å². The van der Waals surface area contributed by atoms with E-state index in [2.05, 4.69) is 27.8 Å². The third-order valence-corrected chi connectivity index (χ3v) is 4.22. The summed E-state index contributed by atoms with van der Waals surface area (Å²) in [6, 6.07) is 0. The van der Waals surface area contributed by atoms with E-state index in [4.69, 9.17) is 4.74 Å². The fraction of sp³-hybridized carbons (Fsp3) is 0.867. The first-order valence-electron chi connectivity index (χ1n) is 7.56. The van der Waals surface area contributed by atoms with Gasteiger partial charge < -0.3 is 9.64 Å². The first-order valence-corrected chi connectivity index (χ1v) is 8.48. The molecule has 3 heteroatoms. The molecule has 0 saturated carbocycles. The highest BCUT2D eigenvalue weighted by Gasteiger charge is 2.15. The summed E-state index contributed by atoms with van der Waals surface area (Å²) in [4.78, 5) is 2.20. The maximum atomic E-state index is 5.27. The van der Waals surface area contributed by atoms with Crippen LogP contribution in [0.3, 0.4) is 0 Å². The van der Waals surface area contributed by atoms with E-state index in [1.807, 2.05) is 6.20 Å². The molecule has 0 aromatic carbocycles. The molecule has 2 nitrogen and oxygen atoms in total. The van der Waals surface area contributed by atoms with Crippen molar-refractivity contribution < 1.29 is 4.74 Å². The second kappa shape index (κ2) is 10.7. The first kappa shape index (κ1) is 15.9. The highest BCUT2D eigenvalue weighted by atomic mass is 79.9. The van der Waals surface area contributed by atoms with Crippen LogP contribution in [0.2, 0.25) is 0 Å². The van der Waals surface area contributed by atoms with Gasteiger partial charge in [-0.1, -0.05) is 64.7 Å². The molecule has 0 aromatic rings. The Hall–Kier alpha value is -0.180. The average molecular weight is 318 g/mol. The Morgan fingerprint density at radius 2 is 1.50 bits per heavy atom. The van der Waals surface area contributed by atoms with Gasteiger partial charge in [0.2, 0.25) is 5.14 Å². The van der Waals surface area contributed by atoms with Crippen molar-refractivity contribution in [2.24, 2.45) is 0 Å². The van der Waals surface area contributed by atoms with Crippen molar-refractivity contribution in [3.05, 3.63) is 12.5 Å². The number of hydrogen-bond donors (Lipinski definition) is 0. The van der Waals surface area contributed by atoms with E-state index in [0.29, 0.717) is 0 Å². The molecule has 1 unspecified atom stereocenters. The predicted octanol–water partition coefficient (Wildman–Crippen LogP) is 5.39. The number of rotatable bonds is 11. The van der Waals surface area contributed by atoms with Crippen molar-refractivity contribution >= 4 is 15.9 Å². The molecule has 106 valence electrons. The van der Waals surface area contributed by atoms with Crippen molar-refractivity contribution in [1.82, 2.24) is 4.90 Å². The summed E-state index contributed by atoms with van der Waals surface area (Å²) in [5.41, 5.74) is 0. The summed E-state index contributed by atoms with van der Waals surface area (Å²) in [6.07, 6.45) is 17.7. The molecule has 1 rings (SSSR count). The van der Waals surface area contributed by atoms with E-state index in [0.717, 1.165) is 6.54 Å². The molecular weight excluding hydrogens is 290 g/mol. The maximum Gasteiger partial charge on any atom is 0.228 e. The summed E-state index contributed by atoms with van der Waals surface area (Å²) >= 11 is 3.47. The van der Waals surface area contributed by atoms with Gasteiger partial charge in [0.05, 0.1) is 0 Å². The van der Waals surface area contributed by atoms with Crippen LogP contribution >= 0.6 is 15.9 Å². The van der Waals surface area contributed by atoms with Crippen LogP contribution in [0.5, 0.6) is 0 Å². The number of halogens is 1. The number of hydrogen-bond acceptors (Lipinski definition) is 2. The van der Waals surface area contributed by atoms with E-state index < -0.39 is 0 Å². The molecule has 1 aliphatic rings. The molecule has 0 bridgehead atoms. The minimum atomic E-state index is 0.0658. The zero-order valence-corrected chi connectivity index (χ0v) is 13.3. The summed E-state index contributed by atoms with van der Waals surface area (Å²) in [6.45, 7) is 3.38. The van der Waals surface area contributed by atoms with Gasteiger partial charge in [-0.15, -0.1) is 0 Å². The number of nitrogens with zero attached hydrogens (tertiary/aromatic N) is 1. The van der Waals surface area contributed by atoms with Crippen LogP contribution in [-0.4, -0.2) is 16.6 Å². The maximum absolute atomic E-state index is 5.27.